The van der Waals surface area contributed by atoms with Crippen molar-refractivity contribution < 1.29 is 21.6 Å². The van der Waals surface area contributed by atoms with Crippen LogP contribution in [0.25, 0.3) is 0 Å². The summed E-state index contributed by atoms with van der Waals surface area (Å²) in [5.74, 6) is -0.759. The van der Waals surface area contributed by atoms with Crippen molar-refractivity contribution in [2.45, 2.75) is 42.0 Å². The molecule has 0 spiro atoms. The summed E-state index contributed by atoms with van der Waals surface area (Å²) < 4.78 is 50.2. The van der Waals surface area contributed by atoms with Crippen LogP contribution in [0.5, 0.6) is 0 Å². The molecule has 154 valence electrons. The second-order valence-corrected chi connectivity index (χ2v) is 11.1. The molecule has 0 unspecified atom stereocenters. The van der Waals surface area contributed by atoms with Crippen molar-refractivity contribution >= 4 is 37.3 Å². The highest BCUT2D eigenvalue weighted by Crippen LogP contribution is 2.19. The molecule has 11 heteroatoms. The van der Waals surface area contributed by atoms with Gasteiger partial charge in [-0.15, -0.1) is 11.3 Å². The Morgan fingerprint density at radius 3 is 2.11 bits per heavy atom. The standard InChI is InChI=1S/C17H23N3O5S3/c1-11(2)16(20-28(24,25)15-5-4-10-26-15)17(21)19-12(3)13-6-8-14(9-7-13)27(18,22)23/h4-12,16,20H,1-3H3,(H,19,21)(H2,18,22,23)/t12-,16+/m1/s1. The normalized spacial score (nSPS) is 14.6. The number of thiophene rings is 1. The molecule has 4 N–H and O–H groups in total. The van der Waals surface area contributed by atoms with E-state index in [9.17, 15) is 21.6 Å². The first-order valence-electron chi connectivity index (χ1n) is 8.41. The van der Waals surface area contributed by atoms with E-state index < -0.39 is 38.0 Å². The second kappa shape index (κ2) is 8.70. The van der Waals surface area contributed by atoms with Gasteiger partial charge in [-0.1, -0.05) is 32.0 Å². The summed E-state index contributed by atoms with van der Waals surface area (Å²) >= 11 is 1.07. The van der Waals surface area contributed by atoms with Gasteiger partial charge in [0.2, 0.25) is 15.9 Å². The Bertz CT molecular complexity index is 1010. The monoisotopic (exact) mass is 445 g/mol. The second-order valence-electron chi connectivity index (χ2n) is 6.62. The van der Waals surface area contributed by atoms with Gasteiger partial charge in [0.1, 0.15) is 10.3 Å². The van der Waals surface area contributed by atoms with Gasteiger partial charge >= 0.3 is 0 Å². The largest absolute Gasteiger partial charge is 0.348 e. The zero-order valence-electron chi connectivity index (χ0n) is 15.6. The third kappa shape index (κ3) is 5.61. The van der Waals surface area contributed by atoms with E-state index in [1.165, 1.54) is 18.2 Å². The van der Waals surface area contributed by atoms with Gasteiger partial charge in [-0.25, -0.2) is 22.0 Å². The van der Waals surface area contributed by atoms with Gasteiger partial charge in [-0.3, -0.25) is 4.79 Å². The highest BCUT2D eigenvalue weighted by molar-refractivity contribution is 7.91. The molecule has 28 heavy (non-hydrogen) atoms. The maximum Gasteiger partial charge on any atom is 0.250 e. The molecular weight excluding hydrogens is 422 g/mol. The Kier molecular flexibility index (Phi) is 6.99. The van der Waals surface area contributed by atoms with Gasteiger partial charge in [0.05, 0.1) is 10.9 Å². The molecule has 2 rings (SSSR count). The van der Waals surface area contributed by atoms with E-state index in [4.69, 9.17) is 5.14 Å². The lowest BCUT2D eigenvalue weighted by molar-refractivity contribution is -0.124. The van der Waals surface area contributed by atoms with Crippen molar-refractivity contribution in [1.82, 2.24) is 10.0 Å². The number of sulfonamides is 2. The van der Waals surface area contributed by atoms with Crippen LogP contribution in [-0.2, 0) is 24.8 Å². The van der Waals surface area contributed by atoms with Crippen molar-refractivity contribution in [2.75, 3.05) is 0 Å². The van der Waals surface area contributed by atoms with Gasteiger partial charge in [0.25, 0.3) is 10.0 Å². The molecule has 0 saturated heterocycles. The fourth-order valence-electron chi connectivity index (χ4n) is 2.47. The fourth-order valence-corrected chi connectivity index (χ4v) is 5.34. The van der Waals surface area contributed by atoms with Crippen LogP contribution < -0.4 is 15.2 Å². The lowest BCUT2D eigenvalue weighted by Crippen LogP contribution is -2.49. The molecular formula is C17H23N3O5S3. The number of hydrogen-bond acceptors (Lipinski definition) is 6. The van der Waals surface area contributed by atoms with Crippen LogP contribution in [0.3, 0.4) is 0 Å². The third-order valence-electron chi connectivity index (χ3n) is 4.06. The summed E-state index contributed by atoms with van der Waals surface area (Å²) in [7, 11) is -7.60. The first-order chi connectivity index (χ1) is 12.9. The average molecular weight is 446 g/mol. The van der Waals surface area contributed by atoms with Crippen molar-refractivity contribution in [2.24, 2.45) is 11.1 Å². The highest BCUT2D eigenvalue weighted by Gasteiger charge is 2.29. The Morgan fingerprint density at radius 2 is 1.64 bits per heavy atom. The SMILES string of the molecule is CC(C)[C@H](NS(=O)(=O)c1cccs1)C(=O)N[C@H](C)c1ccc(S(N)(=O)=O)cc1. The summed E-state index contributed by atoms with van der Waals surface area (Å²) in [6, 6.07) is 7.47. The van der Waals surface area contributed by atoms with E-state index in [-0.39, 0.29) is 15.0 Å². The number of hydrogen-bond donors (Lipinski definition) is 3. The number of benzene rings is 1. The van der Waals surface area contributed by atoms with Crippen LogP contribution in [0.4, 0.5) is 0 Å². The topological polar surface area (TPSA) is 135 Å². The van der Waals surface area contributed by atoms with E-state index in [2.05, 4.69) is 10.0 Å². The molecule has 2 atom stereocenters. The summed E-state index contributed by atoms with van der Waals surface area (Å²) in [6.45, 7) is 5.20. The summed E-state index contributed by atoms with van der Waals surface area (Å²) in [4.78, 5) is 12.7. The van der Waals surface area contributed by atoms with E-state index in [0.29, 0.717) is 5.56 Å². The molecule has 8 nitrogen and oxygen atoms in total. The molecule has 0 aliphatic carbocycles. The molecule has 1 aromatic carbocycles. The molecule has 0 radical (unpaired) electrons. The van der Waals surface area contributed by atoms with Crippen molar-refractivity contribution in [3.05, 3.63) is 47.3 Å². The lowest BCUT2D eigenvalue weighted by Gasteiger charge is -2.24. The number of amides is 1. The van der Waals surface area contributed by atoms with Crippen LogP contribution in [0, 0.1) is 5.92 Å². The molecule has 1 amide bonds. The first-order valence-corrected chi connectivity index (χ1v) is 12.3. The summed E-state index contributed by atoms with van der Waals surface area (Å²) in [5, 5.41) is 9.48. The Balaban J connectivity index is 2.13. The number of nitrogens with two attached hydrogens (primary N) is 1. The first kappa shape index (κ1) is 22.5. The van der Waals surface area contributed by atoms with Crippen molar-refractivity contribution in [3.8, 4) is 0 Å². The Morgan fingerprint density at radius 1 is 1.04 bits per heavy atom. The molecule has 0 aliphatic heterocycles. The van der Waals surface area contributed by atoms with E-state index >= 15 is 0 Å². The molecule has 2 aromatic rings. The minimum Gasteiger partial charge on any atom is -0.348 e. The van der Waals surface area contributed by atoms with E-state index in [1.807, 2.05) is 0 Å². The Hall–Kier alpha value is -1.79. The maximum atomic E-state index is 12.7. The summed E-state index contributed by atoms with van der Waals surface area (Å²) in [5.41, 5.74) is 0.657. The fraction of sp³-hybridized carbons (Fsp3) is 0.353. The number of primary sulfonamides is 1. The Labute approximate surface area is 169 Å². The molecule has 0 saturated carbocycles. The lowest BCUT2D eigenvalue weighted by atomic mass is 10.0. The predicted octanol–water partition coefficient (Wildman–Crippen LogP) is 1.58. The van der Waals surface area contributed by atoms with Crippen LogP contribution in [-0.4, -0.2) is 28.8 Å². The molecule has 1 aromatic heterocycles. The molecule has 0 bridgehead atoms. The highest BCUT2D eigenvalue weighted by atomic mass is 32.2. The van der Waals surface area contributed by atoms with Gasteiger partial charge in [0.15, 0.2) is 0 Å². The molecule has 1 heterocycles. The minimum atomic E-state index is -3.80. The molecule has 0 fully saturated rings. The van der Waals surface area contributed by atoms with Gasteiger partial charge < -0.3 is 5.32 Å². The predicted molar refractivity (Wildman–Crippen MR) is 108 cm³/mol. The number of rotatable bonds is 8. The minimum absolute atomic E-state index is 0.0291. The number of nitrogens with one attached hydrogen (secondary N) is 2. The zero-order valence-corrected chi connectivity index (χ0v) is 18.1. The van der Waals surface area contributed by atoms with Crippen molar-refractivity contribution in [1.29, 1.82) is 0 Å². The van der Waals surface area contributed by atoms with Crippen LogP contribution >= 0.6 is 11.3 Å². The van der Waals surface area contributed by atoms with Gasteiger partial charge in [-0.05, 0) is 42.0 Å². The van der Waals surface area contributed by atoms with Crippen LogP contribution in [0.1, 0.15) is 32.4 Å². The van der Waals surface area contributed by atoms with Crippen LogP contribution in [0.2, 0.25) is 0 Å². The average Bonchev–Trinajstić information content (AvgIpc) is 3.14. The summed E-state index contributed by atoms with van der Waals surface area (Å²) in [6.07, 6.45) is 0. The maximum absolute atomic E-state index is 12.7. The van der Waals surface area contributed by atoms with Gasteiger partial charge in [-0.2, -0.15) is 4.72 Å². The van der Waals surface area contributed by atoms with E-state index in [1.54, 1.807) is 44.4 Å². The van der Waals surface area contributed by atoms with E-state index in [0.717, 1.165) is 11.3 Å². The van der Waals surface area contributed by atoms with Crippen molar-refractivity contribution in [3.63, 3.8) is 0 Å². The number of carbonyl (C=O) groups excluding carboxylic acids is 1. The van der Waals surface area contributed by atoms with Crippen LogP contribution in [0.15, 0.2) is 50.9 Å². The quantitative estimate of drug-likeness (QED) is 0.567. The molecule has 0 aliphatic rings. The number of carbonyl (C=O) groups is 1. The van der Waals surface area contributed by atoms with Gasteiger partial charge in [0, 0.05) is 0 Å². The zero-order chi connectivity index (χ0) is 21.1. The third-order valence-corrected chi connectivity index (χ3v) is 7.83. The smallest absolute Gasteiger partial charge is 0.250 e.